The Labute approximate surface area is 149 Å². The minimum Gasteiger partial charge on any atom is -0.460 e. The third-order valence-electron chi connectivity index (χ3n) is 7.84. The van der Waals surface area contributed by atoms with Gasteiger partial charge in [-0.2, -0.15) is 0 Å². The van der Waals surface area contributed by atoms with Crippen LogP contribution in [0.3, 0.4) is 0 Å². The second-order valence-corrected chi connectivity index (χ2v) is 9.14. The van der Waals surface area contributed by atoms with E-state index in [1.165, 1.54) is 18.1 Å². The molecule has 0 spiro atoms. The van der Waals surface area contributed by atoms with Gasteiger partial charge in [0.15, 0.2) is 0 Å². The third-order valence-corrected chi connectivity index (χ3v) is 7.84. The Bertz CT molecular complexity index is 650. The van der Waals surface area contributed by atoms with Gasteiger partial charge in [0.2, 0.25) is 0 Å². The molecule has 4 rings (SSSR count). The summed E-state index contributed by atoms with van der Waals surface area (Å²) < 4.78 is 5.45. The summed E-state index contributed by atoms with van der Waals surface area (Å²) in [4.78, 5) is 11.4. The van der Waals surface area contributed by atoms with Gasteiger partial charge in [0.25, 0.3) is 0 Å². The molecular formula is C21H30O4. The number of carbonyl (C=O) groups excluding carboxylic acids is 1. The second-order valence-electron chi connectivity index (χ2n) is 9.14. The van der Waals surface area contributed by atoms with E-state index in [2.05, 4.69) is 26.0 Å². The van der Waals surface area contributed by atoms with Gasteiger partial charge in [-0.25, -0.2) is 0 Å². The van der Waals surface area contributed by atoms with Crippen molar-refractivity contribution in [3.8, 4) is 0 Å². The lowest BCUT2D eigenvalue weighted by Gasteiger charge is -2.55. The number of ether oxygens (including phenoxy) is 1. The van der Waals surface area contributed by atoms with Gasteiger partial charge in [-0.05, 0) is 55.8 Å². The Morgan fingerprint density at radius 1 is 1.16 bits per heavy atom. The highest BCUT2D eigenvalue weighted by Gasteiger charge is 2.57. The van der Waals surface area contributed by atoms with Gasteiger partial charge in [-0.3, -0.25) is 4.79 Å². The zero-order valence-corrected chi connectivity index (χ0v) is 15.5. The van der Waals surface area contributed by atoms with Crippen LogP contribution in [0, 0.1) is 22.7 Å². The first-order valence-electron chi connectivity index (χ1n) is 9.70. The highest BCUT2D eigenvalue weighted by molar-refractivity contribution is 5.66. The van der Waals surface area contributed by atoms with Gasteiger partial charge >= 0.3 is 5.97 Å². The van der Waals surface area contributed by atoms with Gasteiger partial charge < -0.3 is 14.9 Å². The van der Waals surface area contributed by atoms with Gasteiger partial charge in [0, 0.05) is 12.3 Å². The van der Waals surface area contributed by atoms with Crippen molar-refractivity contribution in [2.24, 2.45) is 22.7 Å². The number of esters is 1. The third kappa shape index (κ3) is 2.44. The molecule has 4 aliphatic rings. The molecule has 138 valence electrons. The number of fused-ring (bicyclic) bond motifs is 5. The normalized spacial score (nSPS) is 48.6. The Hall–Kier alpha value is -1.13. The molecule has 0 heterocycles. The molecule has 7 atom stereocenters. The fraction of sp³-hybridized carbons (Fsp3) is 0.762. The summed E-state index contributed by atoms with van der Waals surface area (Å²) >= 11 is 0. The van der Waals surface area contributed by atoms with E-state index in [4.69, 9.17) is 4.74 Å². The molecule has 4 heteroatoms. The summed E-state index contributed by atoms with van der Waals surface area (Å²) in [6.07, 6.45) is 8.60. The van der Waals surface area contributed by atoms with Gasteiger partial charge in [-0.1, -0.05) is 37.1 Å². The predicted molar refractivity (Wildman–Crippen MR) is 94.6 cm³/mol. The fourth-order valence-electron chi connectivity index (χ4n) is 6.32. The van der Waals surface area contributed by atoms with Crippen LogP contribution in [-0.4, -0.2) is 34.5 Å². The molecule has 4 aliphatic carbocycles. The molecule has 3 saturated carbocycles. The molecular weight excluding hydrogens is 316 g/mol. The molecule has 0 amide bonds. The van der Waals surface area contributed by atoms with E-state index >= 15 is 0 Å². The van der Waals surface area contributed by atoms with Crippen molar-refractivity contribution in [3.63, 3.8) is 0 Å². The molecule has 0 bridgehead atoms. The van der Waals surface area contributed by atoms with E-state index in [9.17, 15) is 15.0 Å². The minimum absolute atomic E-state index is 0.00744. The van der Waals surface area contributed by atoms with Crippen LogP contribution in [0.5, 0.6) is 0 Å². The number of carbonyl (C=O) groups is 1. The molecule has 4 nitrogen and oxygen atoms in total. The Morgan fingerprint density at radius 3 is 2.64 bits per heavy atom. The van der Waals surface area contributed by atoms with Crippen LogP contribution in [0.1, 0.15) is 59.3 Å². The van der Waals surface area contributed by atoms with Crippen LogP contribution in [0.2, 0.25) is 0 Å². The molecule has 0 aromatic carbocycles. The van der Waals surface area contributed by atoms with Gasteiger partial charge in [0.1, 0.15) is 6.10 Å². The van der Waals surface area contributed by atoms with Gasteiger partial charge in [-0.15, -0.1) is 0 Å². The Balaban J connectivity index is 1.68. The summed E-state index contributed by atoms with van der Waals surface area (Å²) in [5.74, 6) is 0.568. The van der Waals surface area contributed by atoms with Crippen LogP contribution in [0.15, 0.2) is 23.3 Å². The number of hydrogen-bond donors (Lipinski definition) is 2. The number of aliphatic hydroxyl groups excluding tert-OH is 2. The largest absolute Gasteiger partial charge is 0.460 e. The Kier molecular flexibility index (Phi) is 3.93. The lowest BCUT2D eigenvalue weighted by atomic mass is 9.51. The zero-order valence-electron chi connectivity index (χ0n) is 15.5. The van der Waals surface area contributed by atoms with Crippen molar-refractivity contribution in [1.29, 1.82) is 0 Å². The van der Waals surface area contributed by atoms with E-state index in [-0.39, 0.29) is 22.9 Å². The molecule has 25 heavy (non-hydrogen) atoms. The topological polar surface area (TPSA) is 66.8 Å². The molecule has 0 saturated heterocycles. The summed E-state index contributed by atoms with van der Waals surface area (Å²) in [6, 6.07) is 0. The SMILES string of the molecule is CC(=O)O[C@H]1C[C@@]2(C)C(=CC=C3[C@@H]4CC[C@H](O)[C@@]4(C)CC[C@@H]32)C[C@H]1O. The molecule has 2 N–H and O–H groups in total. The van der Waals surface area contributed by atoms with Crippen molar-refractivity contribution in [2.75, 3.05) is 0 Å². The monoisotopic (exact) mass is 346 g/mol. The number of hydrogen-bond acceptors (Lipinski definition) is 4. The molecule has 0 radical (unpaired) electrons. The van der Waals surface area contributed by atoms with E-state index in [1.54, 1.807) is 0 Å². The summed E-state index contributed by atoms with van der Waals surface area (Å²) in [6.45, 7) is 5.95. The van der Waals surface area contributed by atoms with Crippen LogP contribution in [-0.2, 0) is 9.53 Å². The highest BCUT2D eigenvalue weighted by Crippen LogP contribution is 2.63. The van der Waals surface area contributed by atoms with Crippen molar-refractivity contribution < 1.29 is 19.7 Å². The van der Waals surface area contributed by atoms with Crippen LogP contribution >= 0.6 is 0 Å². The maximum Gasteiger partial charge on any atom is 0.302 e. The second kappa shape index (κ2) is 5.68. The Morgan fingerprint density at radius 2 is 1.92 bits per heavy atom. The number of allylic oxidation sites excluding steroid dienone is 3. The quantitative estimate of drug-likeness (QED) is 0.716. The molecule has 0 unspecified atom stereocenters. The van der Waals surface area contributed by atoms with E-state index in [1.807, 2.05) is 0 Å². The fourth-order valence-corrected chi connectivity index (χ4v) is 6.32. The van der Waals surface area contributed by atoms with E-state index < -0.39 is 12.2 Å². The zero-order chi connectivity index (χ0) is 18.0. The summed E-state index contributed by atoms with van der Waals surface area (Å²) in [5, 5.41) is 20.9. The van der Waals surface area contributed by atoms with E-state index in [0.29, 0.717) is 24.7 Å². The standard InChI is InChI=1S/C21H30O4/c1-12(22)25-18-11-21(3)13(10-17(18)23)4-5-14-15-6-7-19(24)20(15,2)9-8-16(14)21/h4-5,15-19,23-24H,6-11H2,1-3H3/t15-,16-,17+,18-,19-,20-,21-/m0/s1. The average molecular weight is 346 g/mol. The van der Waals surface area contributed by atoms with Crippen molar-refractivity contribution in [2.45, 2.75) is 77.6 Å². The number of rotatable bonds is 1. The molecule has 3 fully saturated rings. The predicted octanol–water partition coefficient (Wildman–Crippen LogP) is 3.13. The van der Waals surface area contributed by atoms with Crippen molar-refractivity contribution in [1.82, 2.24) is 0 Å². The first kappa shape index (κ1) is 17.3. The van der Waals surface area contributed by atoms with Crippen LogP contribution in [0.25, 0.3) is 0 Å². The average Bonchev–Trinajstić information content (AvgIpc) is 2.84. The first-order valence-corrected chi connectivity index (χ1v) is 9.70. The van der Waals surface area contributed by atoms with Crippen molar-refractivity contribution in [3.05, 3.63) is 23.3 Å². The molecule has 0 aliphatic heterocycles. The molecule has 0 aromatic heterocycles. The lowest BCUT2D eigenvalue weighted by Crippen LogP contribution is -2.50. The smallest absolute Gasteiger partial charge is 0.302 e. The maximum absolute atomic E-state index is 11.4. The highest BCUT2D eigenvalue weighted by atomic mass is 16.6. The van der Waals surface area contributed by atoms with E-state index in [0.717, 1.165) is 25.7 Å². The number of aliphatic hydroxyl groups is 2. The maximum atomic E-state index is 11.4. The minimum atomic E-state index is -0.611. The lowest BCUT2D eigenvalue weighted by molar-refractivity contribution is -0.157. The first-order chi connectivity index (χ1) is 11.8. The molecule has 0 aromatic rings. The van der Waals surface area contributed by atoms with Crippen LogP contribution in [0.4, 0.5) is 0 Å². The van der Waals surface area contributed by atoms with Crippen LogP contribution < -0.4 is 0 Å². The van der Waals surface area contributed by atoms with Gasteiger partial charge in [0.05, 0.1) is 12.2 Å². The summed E-state index contributed by atoms with van der Waals surface area (Å²) in [5.41, 5.74) is 2.72. The van der Waals surface area contributed by atoms with Crippen molar-refractivity contribution >= 4 is 5.97 Å². The summed E-state index contributed by atoms with van der Waals surface area (Å²) in [7, 11) is 0.